The summed E-state index contributed by atoms with van der Waals surface area (Å²) in [7, 11) is 0. The number of aromatic nitrogens is 3. The maximum atomic E-state index is 11.3. The first-order valence-corrected chi connectivity index (χ1v) is 11.2. The van der Waals surface area contributed by atoms with Crippen LogP contribution in [0, 0.1) is 0 Å². The van der Waals surface area contributed by atoms with Gasteiger partial charge >= 0.3 is 6.09 Å². The van der Waals surface area contributed by atoms with E-state index in [1.165, 1.54) is 5.56 Å². The molecule has 1 N–H and O–H groups in total. The van der Waals surface area contributed by atoms with E-state index in [9.17, 15) is 9.90 Å². The molecule has 0 aliphatic carbocycles. The number of likely N-dealkylation sites (tertiary alicyclic amines) is 2. The maximum Gasteiger partial charge on any atom is 0.407 e. The maximum absolute atomic E-state index is 11.3. The molecule has 162 valence electrons. The van der Waals surface area contributed by atoms with Gasteiger partial charge in [-0.25, -0.2) is 4.79 Å². The highest BCUT2D eigenvalue weighted by Gasteiger charge is 2.29. The molecule has 2 aromatic rings. The van der Waals surface area contributed by atoms with E-state index in [-0.39, 0.29) is 0 Å². The van der Waals surface area contributed by atoms with Crippen LogP contribution in [0.3, 0.4) is 0 Å². The fraction of sp³-hybridized carbons (Fsp3) is 0.609. The van der Waals surface area contributed by atoms with Crippen molar-refractivity contribution >= 4 is 6.09 Å². The van der Waals surface area contributed by atoms with Crippen LogP contribution < -0.4 is 0 Å². The van der Waals surface area contributed by atoms with Crippen LogP contribution in [-0.4, -0.2) is 68.0 Å². The molecule has 0 radical (unpaired) electrons. The predicted octanol–water partition coefficient (Wildman–Crippen LogP) is 4.24. The second kappa shape index (κ2) is 9.16. The fourth-order valence-corrected chi connectivity index (χ4v) is 4.94. The van der Waals surface area contributed by atoms with Crippen LogP contribution >= 0.6 is 0 Å². The quantitative estimate of drug-likeness (QED) is 0.815. The topological polar surface area (TPSA) is 74.5 Å². The van der Waals surface area contributed by atoms with Gasteiger partial charge in [0.2, 0.25) is 0 Å². The molecule has 7 heteroatoms. The Bertz CT molecular complexity index is 857. The van der Waals surface area contributed by atoms with Crippen LogP contribution in [0.4, 0.5) is 4.79 Å². The Balaban J connectivity index is 1.42. The molecule has 2 aliphatic rings. The van der Waals surface area contributed by atoms with E-state index in [0.717, 1.165) is 56.5 Å². The van der Waals surface area contributed by atoms with Crippen molar-refractivity contribution in [2.24, 2.45) is 0 Å². The number of carbonyl (C=O) groups is 1. The zero-order valence-corrected chi connectivity index (χ0v) is 18.1. The molecule has 1 unspecified atom stereocenters. The highest BCUT2D eigenvalue weighted by molar-refractivity contribution is 5.65. The van der Waals surface area contributed by atoms with Crippen LogP contribution in [-0.2, 0) is 0 Å². The SMILES string of the molecule is CC(C)n1cc(-c2ncccc2C2CCN(C3CCCN(C(=O)O)CC3)CC2)cn1. The Kier molecular flexibility index (Phi) is 6.37. The van der Waals surface area contributed by atoms with Gasteiger partial charge in [0.1, 0.15) is 0 Å². The Morgan fingerprint density at radius 3 is 2.63 bits per heavy atom. The lowest BCUT2D eigenvalue weighted by Gasteiger charge is -2.37. The summed E-state index contributed by atoms with van der Waals surface area (Å²) in [5, 5.41) is 13.8. The molecule has 1 amide bonds. The van der Waals surface area contributed by atoms with Crippen molar-refractivity contribution < 1.29 is 9.90 Å². The van der Waals surface area contributed by atoms with E-state index >= 15 is 0 Å². The Labute approximate surface area is 178 Å². The molecular formula is C23H33N5O2. The summed E-state index contributed by atoms with van der Waals surface area (Å²) >= 11 is 0. The Morgan fingerprint density at radius 1 is 1.13 bits per heavy atom. The summed E-state index contributed by atoms with van der Waals surface area (Å²) in [5.41, 5.74) is 3.49. The van der Waals surface area contributed by atoms with Crippen molar-refractivity contribution in [1.29, 1.82) is 0 Å². The number of amides is 1. The zero-order valence-electron chi connectivity index (χ0n) is 18.1. The summed E-state index contributed by atoms with van der Waals surface area (Å²) in [4.78, 5) is 20.2. The van der Waals surface area contributed by atoms with Crippen molar-refractivity contribution in [3.63, 3.8) is 0 Å². The molecule has 7 nitrogen and oxygen atoms in total. The van der Waals surface area contributed by atoms with Crippen molar-refractivity contribution in [3.8, 4) is 11.3 Å². The van der Waals surface area contributed by atoms with Crippen LogP contribution in [0.2, 0.25) is 0 Å². The third-order valence-corrected chi connectivity index (χ3v) is 6.70. The average Bonchev–Trinajstić information content (AvgIpc) is 3.12. The Hall–Kier alpha value is -2.41. The summed E-state index contributed by atoms with van der Waals surface area (Å²) in [6.45, 7) is 7.74. The minimum atomic E-state index is -0.778. The number of carboxylic acid groups (broad SMARTS) is 1. The van der Waals surface area contributed by atoms with Crippen LogP contribution in [0.1, 0.15) is 63.5 Å². The molecule has 30 heavy (non-hydrogen) atoms. The highest BCUT2D eigenvalue weighted by atomic mass is 16.4. The summed E-state index contributed by atoms with van der Waals surface area (Å²) in [6.07, 6.45) is 10.4. The van der Waals surface area contributed by atoms with Gasteiger partial charge in [-0.1, -0.05) is 6.07 Å². The molecule has 4 heterocycles. The van der Waals surface area contributed by atoms with Gasteiger partial charge in [-0.05, 0) is 76.6 Å². The smallest absolute Gasteiger partial charge is 0.407 e. The number of rotatable bonds is 4. The summed E-state index contributed by atoms with van der Waals surface area (Å²) < 4.78 is 1.99. The molecule has 1 atom stereocenters. The van der Waals surface area contributed by atoms with Gasteiger partial charge in [-0.3, -0.25) is 9.67 Å². The lowest BCUT2D eigenvalue weighted by atomic mass is 9.86. The minimum absolute atomic E-state index is 0.339. The summed E-state index contributed by atoms with van der Waals surface area (Å²) in [5.74, 6) is 0.508. The van der Waals surface area contributed by atoms with E-state index in [2.05, 4.69) is 36.1 Å². The lowest BCUT2D eigenvalue weighted by Crippen LogP contribution is -2.41. The third-order valence-electron chi connectivity index (χ3n) is 6.70. The first-order chi connectivity index (χ1) is 14.5. The van der Waals surface area contributed by atoms with Gasteiger partial charge in [-0.2, -0.15) is 5.10 Å². The van der Waals surface area contributed by atoms with Crippen molar-refractivity contribution in [3.05, 3.63) is 36.3 Å². The van der Waals surface area contributed by atoms with Gasteiger partial charge in [0.15, 0.2) is 0 Å². The lowest BCUT2D eigenvalue weighted by molar-refractivity contribution is 0.131. The second-order valence-electron chi connectivity index (χ2n) is 8.91. The number of hydrogen-bond acceptors (Lipinski definition) is 4. The number of piperidine rings is 1. The molecule has 0 aromatic carbocycles. The average molecular weight is 412 g/mol. The second-order valence-corrected chi connectivity index (χ2v) is 8.91. The molecule has 0 bridgehead atoms. The standard InChI is InChI=1S/C23H33N5O2/c1-17(2)28-16-19(15-25-28)22-21(6-3-10-24-22)18-7-12-26(13-8-18)20-5-4-11-27(14-9-20)23(29)30/h3,6,10,15-18,20H,4-5,7-9,11-14H2,1-2H3,(H,29,30). The van der Waals surface area contributed by atoms with Crippen LogP contribution in [0.15, 0.2) is 30.7 Å². The van der Waals surface area contributed by atoms with E-state index in [4.69, 9.17) is 4.98 Å². The number of pyridine rings is 1. The minimum Gasteiger partial charge on any atom is -0.465 e. The number of hydrogen-bond donors (Lipinski definition) is 1. The molecule has 2 aromatic heterocycles. The first kappa shape index (κ1) is 20.8. The normalized spacial score (nSPS) is 21.7. The summed E-state index contributed by atoms with van der Waals surface area (Å²) in [6, 6.07) is 5.12. The highest BCUT2D eigenvalue weighted by Crippen LogP contribution is 2.35. The van der Waals surface area contributed by atoms with Gasteiger partial charge in [0, 0.05) is 43.1 Å². The van der Waals surface area contributed by atoms with Crippen molar-refractivity contribution in [2.45, 2.75) is 64.0 Å². The molecule has 4 rings (SSSR count). The van der Waals surface area contributed by atoms with Crippen molar-refractivity contribution in [2.75, 3.05) is 26.2 Å². The molecule has 2 fully saturated rings. The largest absolute Gasteiger partial charge is 0.465 e. The molecule has 2 saturated heterocycles. The number of nitrogens with zero attached hydrogens (tertiary/aromatic N) is 5. The van der Waals surface area contributed by atoms with Gasteiger partial charge in [-0.15, -0.1) is 0 Å². The zero-order chi connectivity index (χ0) is 21.1. The van der Waals surface area contributed by atoms with E-state index in [1.54, 1.807) is 4.90 Å². The van der Waals surface area contributed by atoms with Crippen LogP contribution in [0.25, 0.3) is 11.3 Å². The predicted molar refractivity (Wildman–Crippen MR) is 117 cm³/mol. The van der Waals surface area contributed by atoms with Gasteiger partial charge < -0.3 is 14.9 Å². The van der Waals surface area contributed by atoms with E-state index < -0.39 is 6.09 Å². The van der Waals surface area contributed by atoms with E-state index in [1.807, 2.05) is 23.1 Å². The Morgan fingerprint density at radius 2 is 1.93 bits per heavy atom. The third kappa shape index (κ3) is 4.51. The fourth-order valence-electron chi connectivity index (χ4n) is 4.94. The van der Waals surface area contributed by atoms with Gasteiger partial charge in [0.25, 0.3) is 0 Å². The van der Waals surface area contributed by atoms with Gasteiger partial charge in [0.05, 0.1) is 11.9 Å². The molecule has 2 aliphatic heterocycles. The monoisotopic (exact) mass is 411 g/mol. The van der Waals surface area contributed by atoms with E-state index in [0.29, 0.717) is 31.1 Å². The van der Waals surface area contributed by atoms with Crippen LogP contribution in [0.5, 0.6) is 0 Å². The molecular weight excluding hydrogens is 378 g/mol. The molecule has 0 spiro atoms. The molecule has 0 saturated carbocycles. The van der Waals surface area contributed by atoms with Crippen molar-refractivity contribution in [1.82, 2.24) is 24.6 Å². The first-order valence-electron chi connectivity index (χ1n) is 11.2.